The third-order valence-electron chi connectivity index (χ3n) is 1.39. The molecule has 0 heterocycles. The number of ether oxygens (including phenoxy) is 2. The van der Waals surface area contributed by atoms with E-state index in [-0.39, 0.29) is 15.4 Å². The van der Waals surface area contributed by atoms with E-state index in [1.165, 1.54) is 6.04 Å². The Kier molecular flexibility index (Phi) is 8.34. The largest absolute Gasteiger partial charge is 0.357 e. The van der Waals surface area contributed by atoms with Gasteiger partial charge in [0.15, 0.2) is 0 Å². The minimum Gasteiger partial charge on any atom is -0.357 e. The smallest absolute Gasteiger partial charge is 0.134 e. The fourth-order valence-electron chi connectivity index (χ4n) is 0.898. The molecular weight excluding hydrogens is 156 g/mol. The first-order valence-electron chi connectivity index (χ1n) is 4.37. The van der Waals surface area contributed by atoms with Gasteiger partial charge in [-0.05, 0) is 13.8 Å². The van der Waals surface area contributed by atoms with Gasteiger partial charge in [0.1, 0.15) is 5.91 Å². The monoisotopic (exact) mass is 175 g/mol. The van der Waals surface area contributed by atoms with Crippen LogP contribution < -0.4 is 0 Å². The molecule has 0 atom stereocenters. The molecule has 0 aliphatic heterocycles. The molecule has 0 rings (SSSR count). The fraction of sp³-hybridized carbons (Fsp3) is 0.875. The zero-order valence-electron chi connectivity index (χ0n) is 7.64. The predicted molar refractivity (Wildman–Crippen MR) is 50.4 cm³/mol. The highest BCUT2D eigenvalue weighted by Gasteiger charge is 2.06. The lowest BCUT2D eigenvalue weighted by Crippen LogP contribution is -2.24. The summed E-state index contributed by atoms with van der Waals surface area (Å²) in [6.07, 6.45) is 1.02. The normalized spacial score (nSPS) is 12.0. The summed E-state index contributed by atoms with van der Waals surface area (Å²) in [6, 6.07) is 1.21. The van der Waals surface area contributed by atoms with Crippen molar-refractivity contribution in [2.75, 3.05) is 13.2 Å². The van der Waals surface area contributed by atoms with E-state index >= 15 is 0 Å². The van der Waals surface area contributed by atoms with Crippen LogP contribution >= 0.6 is 0 Å². The Labute approximate surface area is 72.1 Å². The lowest BCUT2D eigenvalue weighted by Gasteiger charge is -2.15. The molecule has 0 N–H and O–H groups in total. The fourth-order valence-corrected chi connectivity index (χ4v) is 2.32. The average molecular weight is 175 g/mol. The maximum atomic E-state index is 5.40. The first kappa shape index (κ1) is 11.1. The molecule has 0 aromatic rings. The average Bonchev–Trinajstić information content (AvgIpc) is 2.01. The van der Waals surface area contributed by atoms with Gasteiger partial charge in [0.25, 0.3) is 0 Å². The predicted octanol–water partition coefficient (Wildman–Crippen LogP) is 1.15. The molecule has 0 unspecified atom stereocenters. The van der Waals surface area contributed by atoms with Crippen LogP contribution in [0.15, 0.2) is 0 Å². The summed E-state index contributed by atoms with van der Waals surface area (Å²) in [5.41, 5.74) is 0. The van der Waals surface area contributed by atoms with Gasteiger partial charge in [0.05, 0.1) is 9.52 Å². The van der Waals surface area contributed by atoms with E-state index < -0.39 is 0 Å². The molecule has 0 amide bonds. The van der Waals surface area contributed by atoms with Crippen LogP contribution in [-0.2, 0) is 9.47 Å². The van der Waals surface area contributed by atoms with Gasteiger partial charge in [-0.3, -0.25) is 0 Å². The number of hydrogen-bond donors (Lipinski definition) is 0. The van der Waals surface area contributed by atoms with Crippen molar-refractivity contribution in [3.8, 4) is 0 Å². The molecule has 1 radical (unpaired) electrons. The van der Waals surface area contributed by atoms with Gasteiger partial charge in [-0.25, -0.2) is 0 Å². The quantitative estimate of drug-likeness (QED) is 0.427. The van der Waals surface area contributed by atoms with Crippen LogP contribution in [-0.4, -0.2) is 28.6 Å². The Morgan fingerprint density at radius 2 is 1.82 bits per heavy atom. The summed E-state index contributed by atoms with van der Waals surface area (Å²) >= 11 is 0. The van der Waals surface area contributed by atoms with Crippen LogP contribution in [0, 0.1) is 6.92 Å². The minimum atomic E-state index is -0.204. The number of hydrogen-bond acceptors (Lipinski definition) is 2. The van der Waals surface area contributed by atoms with Crippen molar-refractivity contribution in [3.63, 3.8) is 0 Å². The van der Waals surface area contributed by atoms with Gasteiger partial charge in [-0.15, -0.1) is 0 Å². The van der Waals surface area contributed by atoms with E-state index in [0.29, 0.717) is 0 Å². The van der Waals surface area contributed by atoms with Gasteiger partial charge in [-0.1, -0.05) is 19.4 Å². The molecule has 0 saturated heterocycles. The third-order valence-corrected chi connectivity index (χ3v) is 3.25. The Hall–Kier alpha value is 0.137. The summed E-state index contributed by atoms with van der Waals surface area (Å²) in [5, 5.41) is 0. The van der Waals surface area contributed by atoms with Crippen LogP contribution in [0.25, 0.3) is 0 Å². The topological polar surface area (TPSA) is 18.5 Å². The highest BCUT2D eigenvalue weighted by molar-refractivity contribution is 6.36. The van der Waals surface area contributed by atoms with Gasteiger partial charge in [0.2, 0.25) is 0 Å². The van der Waals surface area contributed by atoms with Crippen molar-refractivity contribution >= 4 is 9.52 Å². The number of rotatable bonds is 7. The maximum absolute atomic E-state index is 5.40. The molecule has 0 saturated carbocycles. The SMILES string of the molecule is [CH2]CC[SiH2]C(OCC)OCC. The standard InChI is InChI=1S/C8H19O2Si/c1-4-7-11-8(9-5-2)10-6-3/h8H,1,4-7,11H2,2-3H3. The van der Waals surface area contributed by atoms with Crippen molar-refractivity contribution in [2.45, 2.75) is 32.2 Å². The maximum Gasteiger partial charge on any atom is 0.134 e. The van der Waals surface area contributed by atoms with Crippen LogP contribution in [0.2, 0.25) is 6.04 Å². The zero-order chi connectivity index (χ0) is 8.53. The van der Waals surface area contributed by atoms with E-state index in [1.807, 2.05) is 13.8 Å². The summed E-state index contributed by atoms with van der Waals surface area (Å²) in [5.74, 6) is 0.131. The highest BCUT2D eigenvalue weighted by atomic mass is 28.2. The van der Waals surface area contributed by atoms with Crippen LogP contribution in [0.4, 0.5) is 0 Å². The lowest BCUT2D eigenvalue weighted by molar-refractivity contribution is -0.0827. The minimum absolute atomic E-state index is 0.131. The molecule has 2 nitrogen and oxygen atoms in total. The molecular formula is C8H19O2Si. The van der Waals surface area contributed by atoms with Crippen molar-refractivity contribution in [2.24, 2.45) is 0 Å². The van der Waals surface area contributed by atoms with Gasteiger partial charge < -0.3 is 9.47 Å². The van der Waals surface area contributed by atoms with E-state index in [1.54, 1.807) is 0 Å². The molecule has 0 aliphatic rings. The highest BCUT2D eigenvalue weighted by Crippen LogP contribution is 1.97. The molecule has 3 heteroatoms. The van der Waals surface area contributed by atoms with E-state index in [2.05, 4.69) is 6.92 Å². The molecule has 0 spiro atoms. The van der Waals surface area contributed by atoms with Gasteiger partial charge in [0, 0.05) is 13.2 Å². The second-order valence-electron chi connectivity index (χ2n) is 2.34. The Balaban J connectivity index is 3.34. The lowest BCUT2D eigenvalue weighted by atomic mass is 10.6. The van der Waals surface area contributed by atoms with Gasteiger partial charge >= 0.3 is 0 Å². The second-order valence-corrected chi connectivity index (χ2v) is 4.29. The van der Waals surface area contributed by atoms with Crippen molar-refractivity contribution in [1.82, 2.24) is 0 Å². The van der Waals surface area contributed by atoms with Crippen LogP contribution in [0.5, 0.6) is 0 Å². The van der Waals surface area contributed by atoms with Crippen molar-refractivity contribution in [1.29, 1.82) is 0 Å². The summed E-state index contributed by atoms with van der Waals surface area (Å²) in [4.78, 5) is 0. The van der Waals surface area contributed by atoms with Crippen molar-refractivity contribution < 1.29 is 9.47 Å². The summed E-state index contributed by atoms with van der Waals surface area (Å²) in [7, 11) is -0.204. The van der Waals surface area contributed by atoms with E-state index in [9.17, 15) is 0 Å². The molecule has 0 aromatic heterocycles. The first-order valence-corrected chi connectivity index (χ1v) is 6.19. The van der Waals surface area contributed by atoms with Crippen LogP contribution in [0.3, 0.4) is 0 Å². The van der Waals surface area contributed by atoms with Gasteiger partial charge in [-0.2, -0.15) is 0 Å². The molecule has 0 aliphatic carbocycles. The van der Waals surface area contributed by atoms with E-state index in [4.69, 9.17) is 9.47 Å². The summed E-state index contributed by atoms with van der Waals surface area (Å²) < 4.78 is 10.8. The molecule has 11 heavy (non-hydrogen) atoms. The first-order chi connectivity index (χ1) is 5.35. The molecule has 0 aromatic carbocycles. The third kappa shape index (κ3) is 6.53. The molecule has 67 valence electrons. The molecule has 0 fully saturated rings. The zero-order valence-corrected chi connectivity index (χ0v) is 9.05. The molecule has 0 bridgehead atoms. The Morgan fingerprint density at radius 3 is 2.18 bits per heavy atom. The Morgan fingerprint density at radius 1 is 1.27 bits per heavy atom. The van der Waals surface area contributed by atoms with Crippen LogP contribution in [0.1, 0.15) is 20.3 Å². The second kappa shape index (κ2) is 8.24. The van der Waals surface area contributed by atoms with Crippen molar-refractivity contribution in [3.05, 3.63) is 6.92 Å². The summed E-state index contributed by atoms with van der Waals surface area (Å²) in [6.45, 7) is 9.33. The Bertz CT molecular complexity index is 72.5. The van der Waals surface area contributed by atoms with E-state index in [0.717, 1.165) is 19.6 Å².